The molecule has 0 aliphatic carbocycles. The van der Waals surface area contributed by atoms with Crippen molar-refractivity contribution in [1.29, 1.82) is 0 Å². The first-order valence-corrected chi connectivity index (χ1v) is 7.99. The molecule has 0 radical (unpaired) electrons. The SMILES string of the molecule is CC(N)C(c1ccccc1Br)N(C)Cc1cccs1. The average Bonchev–Trinajstić information content (AvgIpc) is 2.84. The van der Waals surface area contributed by atoms with Gasteiger partial charge in [-0.05, 0) is 37.0 Å². The zero-order chi connectivity index (χ0) is 13.8. The number of likely N-dealkylation sites (N-methyl/N-ethyl adjacent to an activating group) is 1. The van der Waals surface area contributed by atoms with E-state index in [0.717, 1.165) is 11.0 Å². The largest absolute Gasteiger partial charge is 0.326 e. The molecule has 2 aromatic rings. The Kier molecular flexibility index (Phi) is 5.16. The van der Waals surface area contributed by atoms with Crippen molar-refractivity contribution in [3.63, 3.8) is 0 Å². The number of nitrogens with zero attached hydrogens (tertiary/aromatic N) is 1. The van der Waals surface area contributed by atoms with Gasteiger partial charge >= 0.3 is 0 Å². The predicted octanol–water partition coefficient (Wildman–Crippen LogP) is 4.03. The van der Waals surface area contributed by atoms with Gasteiger partial charge in [0.25, 0.3) is 0 Å². The quantitative estimate of drug-likeness (QED) is 0.891. The number of hydrogen-bond donors (Lipinski definition) is 1. The molecule has 2 N–H and O–H groups in total. The third kappa shape index (κ3) is 3.66. The summed E-state index contributed by atoms with van der Waals surface area (Å²) in [6.45, 7) is 2.99. The van der Waals surface area contributed by atoms with E-state index >= 15 is 0 Å². The molecule has 4 heteroatoms. The van der Waals surface area contributed by atoms with Gasteiger partial charge in [0, 0.05) is 21.9 Å². The molecule has 102 valence electrons. The standard InChI is InChI=1S/C15H19BrN2S/c1-11(17)15(13-7-3-4-8-14(13)16)18(2)10-12-6-5-9-19-12/h3-9,11,15H,10,17H2,1-2H3. The van der Waals surface area contributed by atoms with Crippen molar-refractivity contribution in [2.75, 3.05) is 7.05 Å². The van der Waals surface area contributed by atoms with Crippen LogP contribution in [0.15, 0.2) is 46.3 Å². The Balaban J connectivity index is 2.23. The van der Waals surface area contributed by atoms with E-state index in [9.17, 15) is 0 Å². The van der Waals surface area contributed by atoms with Gasteiger partial charge in [-0.3, -0.25) is 4.90 Å². The fraction of sp³-hybridized carbons (Fsp3) is 0.333. The summed E-state index contributed by atoms with van der Waals surface area (Å²) in [5, 5.41) is 2.11. The lowest BCUT2D eigenvalue weighted by Crippen LogP contribution is -2.37. The Morgan fingerprint density at radius 1 is 1.26 bits per heavy atom. The minimum atomic E-state index is 0.0728. The highest BCUT2D eigenvalue weighted by Gasteiger charge is 2.23. The summed E-state index contributed by atoms with van der Waals surface area (Å²) in [5.41, 5.74) is 7.46. The van der Waals surface area contributed by atoms with Gasteiger partial charge in [-0.1, -0.05) is 40.2 Å². The van der Waals surface area contributed by atoms with Gasteiger partial charge in [0.15, 0.2) is 0 Å². The fourth-order valence-electron chi connectivity index (χ4n) is 2.38. The summed E-state index contributed by atoms with van der Waals surface area (Å²) < 4.78 is 1.12. The molecule has 2 unspecified atom stereocenters. The van der Waals surface area contributed by atoms with Crippen LogP contribution in [0.1, 0.15) is 23.4 Å². The minimum absolute atomic E-state index is 0.0728. The predicted molar refractivity (Wildman–Crippen MR) is 86.3 cm³/mol. The van der Waals surface area contributed by atoms with Crippen LogP contribution in [0.5, 0.6) is 0 Å². The van der Waals surface area contributed by atoms with Crippen LogP contribution in [0.25, 0.3) is 0 Å². The molecule has 0 amide bonds. The summed E-state index contributed by atoms with van der Waals surface area (Å²) in [4.78, 5) is 3.68. The lowest BCUT2D eigenvalue weighted by Gasteiger charge is -2.31. The molecule has 1 heterocycles. The van der Waals surface area contributed by atoms with Crippen molar-refractivity contribution < 1.29 is 0 Å². The second kappa shape index (κ2) is 6.66. The van der Waals surface area contributed by atoms with E-state index < -0.39 is 0 Å². The molecule has 0 aliphatic heterocycles. The Morgan fingerprint density at radius 2 is 2.00 bits per heavy atom. The van der Waals surface area contributed by atoms with E-state index in [-0.39, 0.29) is 12.1 Å². The van der Waals surface area contributed by atoms with Crippen LogP contribution in [0.3, 0.4) is 0 Å². The van der Waals surface area contributed by atoms with E-state index in [2.05, 4.69) is 70.5 Å². The maximum Gasteiger partial charge on any atom is 0.0508 e. The van der Waals surface area contributed by atoms with Crippen LogP contribution >= 0.6 is 27.3 Å². The molecular formula is C15H19BrN2S. The van der Waals surface area contributed by atoms with Gasteiger partial charge in [0.2, 0.25) is 0 Å². The minimum Gasteiger partial charge on any atom is -0.326 e. The highest BCUT2D eigenvalue weighted by atomic mass is 79.9. The normalized spacial score (nSPS) is 14.6. The first kappa shape index (κ1) is 14.7. The van der Waals surface area contributed by atoms with E-state index in [1.807, 2.05) is 6.07 Å². The molecule has 1 aromatic carbocycles. The summed E-state index contributed by atoms with van der Waals surface area (Å²) in [6.07, 6.45) is 0. The number of thiophene rings is 1. The van der Waals surface area contributed by atoms with Crippen LogP contribution in [0, 0.1) is 0 Å². The van der Waals surface area contributed by atoms with Crippen molar-refractivity contribution in [3.8, 4) is 0 Å². The molecule has 2 rings (SSSR count). The number of nitrogens with two attached hydrogens (primary N) is 1. The topological polar surface area (TPSA) is 29.3 Å². The average molecular weight is 339 g/mol. The van der Waals surface area contributed by atoms with Crippen molar-refractivity contribution >= 4 is 27.3 Å². The molecule has 0 spiro atoms. The number of rotatable bonds is 5. The van der Waals surface area contributed by atoms with Crippen molar-refractivity contribution in [2.45, 2.75) is 25.6 Å². The highest BCUT2D eigenvalue weighted by molar-refractivity contribution is 9.10. The Hall–Kier alpha value is -0.680. The van der Waals surface area contributed by atoms with Crippen molar-refractivity contribution in [3.05, 3.63) is 56.7 Å². The molecule has 1 aromatic heterocycles. The molecule has 2 atom stereocenters. The van der Waals surface area contributed by atoms with Gasteiger partial charge in [-0.25, -0.2) is 0 Å². The third-order valence-electron chi connectivity index (χ3n) is 3.18. The summed E-state index contributed by atoms with van der Waals surface area (Å²) >= 11 is 5.42. The van der Waals surface area contributed by atoms with E-state index in [0.29, 0.717) is 0 Å². The fourth-order valence-corrected chi connectivity index (χ4v) is 3.67. The van der Waals surface area contributed by atoms with Gasteiger partial charge in [0.1, 0.15) is 0 Å². The first-order valence-electron chi connectivity index (χ1n) is 6.32. The third-order valence-corrected chi connectivity index (χ3v) is 4.77. The van der Waals surface area contributed by atoms with Crippen molar-refractivity contribution in [2.24, 2.45) is 5.73 Å². The summed E-state index contributed by atoms with van der Waals surface area (Å²) in [7, 11) is 2.13. The first-order chi connectivity index (χ1) is 9.09. The highest BCUT2D eigenvalue weighted by Crippen LogP contribution is 2.30. The van der Waals surface area contributed by atoms with E-state index in [1.54, 1.807) is 11.3 Å². The van der Waals surface area contributed by atoms with Gasteiger partial charge in [0.05, 0.1) is 6.04 Å². The maximum atomic E-state index is 6.21. The molecule has 19 heavy (non-hydrogen) atoms. The van der Waals surface area contributed by atoms with Crippen LogP contribution in [0.4, 0.5) is 0 Å². The number of hydrogen-bond acceptors (Lipinski definition) is 3. The number of halogens is 1. The molecule has 0 saturated heterocycles. The zero-order valence-electron chi connectivity index (χ0n) is 11.2. The Bertz CT molecular complexity index is 511. The lowest BCUT2D eigenvalue weighted by atomic mass is 9.99. The summed E-state index contributed by atoms with van der Waals surface area (Å²) in [6, 6.07) is 12.8. The van der Waals surface area contributed by atoms with Gasteiger partial charge in [-0.2, -0.15) is 0 Å². The molecular weight excluding hydrogens is 320 g/mol. The monoisotopic (exact) mass is 338 g/mol. The summed E-state index contributed by atoms with van der Waals surface area (Å²) in [5.74, 6) is 0. The molecule has 2 nitrogen and oxygen atoms in total. The van der Waals surface area contributed by atoms with E-state index in [1.165, 1.54) is 10.4 Å². The smallest absolute Gasteiger partial charge is 0.0508 e. The zero-order valence-corrected chi connectivity index (χ0v) is 13.6. The molecule has 0 fully saturated rings. The number of benzene rings is 1. The Morgan fingerprint density at radius 3 is 2.58 bits per heavy atom. The van der Waals surface area contributed by atoms with E-state index in [4.69, 9.17) is 5.73 Å². The van der Waals surface area contributed by atoms with Crippen LogP contribution in [-0.4, -0.2) is 18.0 Å². The molecule has 0 aliphatic rings. The van der Waals surface area contributed by atoms with Crippen LogP contribution in [-0.2, 0) is 6.54 Å². The van der Waals surface area contributed by atoms with Gasteiger partial charge < -0.3 is 5.73 Å². The molecule has 0 bridgehead atoms. The van der Waals surface area contributed by atoms with Crippen LogP contribution in [0.2, 0.25) is 0 Å². The maximum absolute atomic E-state index is 6.21. The van der Waals surface area contributed by atoms with Crippen LogP contribution < -0.4 is 5.73 Å². The Labute approximate surface area is 127 Å². The molecule has 0 saturated carbocycles. The van der Waals surface area contributed by atoms with Gasteiger partial charge in [-0.15, -0.1) is 11.3 Å². The second-order valence-corrected chi connectivity index (χ2v) is 6.71. The lowest BCUT2D eigenvalue weighted by molar-refractivity contribution is 0.212. The second-order valence-electron chi connectivity index (χ2n) is 4.82. The van der Waals surface area contributed by atoms with Crippen molar-refractivity contribution in [1.82, 2.24) is 4.90 Å².